The number of carbonyl (C=O) groups excluding carboxylic acids is 1. The van der Waals surface area contributed by atoms with Gasteiger partial charge in [-0.15, -0.1) is 0 Å². The van der Waals surface area contributed by atoms with E-state index in [2.05, 4.69) is 5.32 Å². The maximum Gasteiger partial charge on any atom is 0.258 e. The van der Waals surface area contributed by atoms with Crippen molar-refractivity contribution >= 4 is 23.2 Å². The number of phenols is 1. The lowest BCUT2D eigenvalue weighted by Crippen LogP contribution is -2.14. The Kier molecular flexibility index (Phi) is 3.71. The maximum atomic E-state index is 13.6. The molecule has 0 aliphatic heterocycles. The minimum absolute atomic E-state index is 0.0862. The Morgan fingerprint density at radius 3 is 2.63 bits per heavy atom. The van der Waals surface area contributed by atoms with Gasteiger partial charge in [-0.25, -0.2) is 4.39 Å². The van der Waals surface area contributed by atoms with Crippen LogP contribution in [0.25, 0.3) is 0 Å². The summed E-state index contributed by atoms with van der Waals surface area (Å²) < 4.78 is 13.6. The Morgan fingerprint density at radius 2 is 2.00 bits per heavy atom. The third kappa shape index (κ3) is 3.03. The van der Waals surface area contributed by atoms with Crippen molar-refractivity contribution in [2.75, 3.05) is 5.32 Å². The van der Waals surface area contributed by atoms with Crippen LogP contribution in [0.2, 0.25) is 5.02 Å². The van der Waals surface area contributed by atoms with Gasteiger partial charge in [0.05, 0.1) is 5.56 Å². The number of phenolic OH excluding ortho intramolecular Hbond substituents is 1. The molecule has 0 aliphatic carbocycles. The standard InChI is InChI=1S/C14H11ClFNO2/c1-8-6-10(18)3-5-13(8)17-14(19)11-4-2-9(15)7-12(11)16/h2-7,18H,1H3,(H,17,19). The quantitative estimate of drug-likeness (QED) is 0.823. The lowest BCUT2D eigenvalue weighted by molar-refractivity contribution is 0.102. The molecule has 0 fully saturated rings. The van der Waals surface area contributed by atoms with Crippen LogP contribution >= 0.6 is 11.6 Å². The van der Waals surface area contributed by atoms with Gasteiger partial charge in [0, 0.05) is 10.7 Å². The molecule has 2 aromatic rings. The summed E-state index contributed by atoms with van der Waals surface area (Å²) in [6, 6.07) is 8.36. The van der Waals surface area contributed by atoms with Crippen LogP contribution in [0, 0.1) is 12.7 Å². The highest BCUT2D eigenvalue weighted by atomic mass is 35.5. The fourth-order valence-electron chi connectivity index (χ4n) is 1.65. The highest BCUT2D eigenvalue weighted by Crippen LogP contribution is 2.22. The van der Waals surface area contributed by atoms with Crippen molar-refractivity contribution in [2.45, 2.75) is 6.92 Å². The van der Waals surface area contributed by atoms with Gasteiger partial charge in [0.25, 0.3) is 5.91 Å². The average Bonchev–Trinajstić information content (AvgIpc) is 2.32. The van der Waals surface area contributed by atoms with Crippen molar-refractivity contribution in [2.24, 2.45) is 0 Å². The summed E-state index contributed by atoms with van der Waals surface area (Å²) in [4.78, 5) is 11.9. The minimum Gasteiger partial charge on any atom is -0.508 e. The van der Waals surface area contributed by atoms with Crippen molar-refractivity contribution in [3.8, 4) is 5.75 Å². The van der Waals surface area contributed by atoms with Crippen LogP contribution < -0.4 is 5.32 Å². The van der Waals surface area contributed by atoms with Gasteiger partial charge in [-0.1, -0.05) is 11.6 Å². The Hall–Kier alpha value is -2.07. The second kappa shape index (κ2) is 5.28. The van der Waals surface area contributed by atoms with Crippen molar-refractivity contribution in [1.29, 1.82) is 0 Å². The molecule has 0 radical (unpaired) electrons. The van der Waals surface area contributed by atoms with Crippen molar-refractivity contribution in [3.05, 3.63) is 58.4 Å². The Balaban J connectivity index is 2.25. The van der Waals surface area contributed by atoms with E-state index in [1.54, 1.807) is 13.0 Å². The molecule has 0 saturated heterocycles. The molecule has 98 valence electrons. The molecule has 1 amide bonds. The molecule has 5 heteroatoms. The van der Waals surface area contributed by atoms with E-state index in [1.165, 1.54) is 24.3 Å². The van der Waals surface area contributed by atoms with Gasteiger partial charge in [0.2, 0.25) is 0 Å². The number of nitrogens with one attached hydrogen (secondary N) is 1. The van der Waals surface area contributed by atoms with Crippen LogP contribution in [-0.2, 0) is 0 Å². The zero-order valence-corrected chi connectivity index (χ0v) is 10.8. The summed E-state index contributed by atoms with van der Waals surface area (Å²) in [5.74, 6) is -1.14. The SMILES string of the molecule is Cc1cc(O)ccc1NC(=O)c1ccc(Cl)cc1F. The largest absolute Gasteiger partial charge is 0.508 e. The van der Waals surface area contributed by atoms with E-state index in [4.69, 9.17) is 11.6 Å². The first-order valence-electron chi connectivity index (χ1n) is 5.53. The van der Waals surface area contributed by atoms with Crippen molar-refractivity contribution in [1.82, 2.24) is 0 Å². The van der Waals surface area contributed by atoms with E-state index in [-0.39, 0.29) is 16.3 Å². The fraction of sp³-hybridized carbons (Fsp3) is 0.0714. The second-order valence-corrected chi connectivity index (χ2v) is 4.51. The second-order valence-electron chi connectivity index (χ2n) is 4.08. The third-order valence-electron chi connectivity index (χ3n) is 2.63. The summed E-state index contributed by atoms with van der Waals surface area (Å²) in [6.45, 7) is 1.73. The van der Waals surface area contributed by atoms with Gasteiger partial charge in [0.1, 0.15) is 11.6 Å². The molecule has 19 heavy (non-hydrogen) atoms. The predicted octanol–water partition coefficient (Wildman–Crippen LogP) is 3.75. The summed E-state index contributed by atoms with van der Waals surface area (Å²) in [7, 11) is 0. The average molecular weight is 280 g/mol. The van der Waals surface area contributed by atoms with Crippen LogP contribution in [0.5, 0.6) is 5.75 Å². The molecule has 0 aromatic heterocycles. The van der Waals surface area contributed by atoms with Gasteiger partial charge >= 0.3 is 0 Å². The maximum absolute atomic E-state index is 13.6. The minimum atomic E-state index is -0.679. The summed E-state index contributed by atoms with van der Waals surface area (Å²) in [5, 5.41) is 12.1. The number of rotatable bonds is 2. The number of hydrogen-bond acceptors (Lipinski definition) is 2. The number of benzene rings is 2. The number of carbonyl (C=O) groups is 1. The number of amides is 1. The highest BCUT2D eigenvalue weighted by Gasteiger charge is 2.13. The van der Waals surface area contributed by atoms with Crippen LogP contribution in [0.1, 0.15) is 15.9 Å². The summed E-state index contributed by atoms with van der Waals surface area (Å²) in [6.07, 6.45) is 0. The zero-order valence-electron chi connectivity index (χ0n) is 10.1. The van der Waals surface area contributed by atoms with Crippen LogP contribution in [0.3, 0.4) is 0 Å². The van der Waals surface area contributed by atoms with E-state index in [0.717, 1.165) is 6.07 Å². The molecule has 0 aliphatic rings. The molecular weight excluding hydrogens is 269 g/mol. The predicted molar refractivity (Wildman–Crippen MR) is 72.2 cm³/mol. The molecule has 0 bridgehead atoms. The molecule has 2 N–H and O–H groups in total. The first-order valence-corrected chi connectivity index (χ1v) is 5.91. The molecule has 3 nitrogen and oxygen atoms in total. The number of aromatic hydroxyl groups is 1. The third-order valence-corrected chi connectivity index (χ3v) is 2.87. The Morgan fingerprint density at radius 1 is 1.26 bits per heavy atom. The van der Waals surface area contributed by atoms with Gasteiger partial charge in [-0.05, 0) is 48.9 Å². The molecule has 0 saturated carbocycles. The van der Waals surface area contributed by atoms with Gasteiger partial charge in [-0.2, -0.15) is 0 Å². The molecular formula is C14H11ClFNO2. The topological polar surface area (TPSA) is 49.3 Å². The normalized spacial score (nSPS) is 10.3. The Labute approximate surface area is 114 Å². The van der Waals surface area contributed by atoms with Crippen molar-refractivity contribution in [3.63, 3.8) is 0 Å². The molecule has 0 spiro atoms. The lowest BCUT2D eigenvalue weighted by atomic mass is 10.1. The summed E-state index contributed by atoms with van der Waals surface area (Å²) in [5.41, 5.74) is 1.11. The van der Waals surface area contributed by atoms with E-state index in [9.17, 15) is 14.3 Å². The first-order chi connectivity index (χ1) is 8.97. The monoisotopic (exact) mass is 279 g/mol. The van der Waals surface area contributed by atoms with Crippen LogP contribution in [0.4, 0.5) is 10.1 Å². The van der Waals surface area contributed by atoms with Gasteiger partial charge < -0.3 is 10.4 Å². The molecule has 2 aromatic carbocycles. The van der Waals surface area contributed by atoms with E-state index >= 15 is 0 Å². The van der Waals surface area contributed by atoms with Crippen LogP contribution in [-0.4, -0.2) is 11.0 Å². The number of halogens is 2. The number of aryl methyl sites for hydroxylation is 1. The smallest absolute Gasteiger partial charge is 0.258 e. The van der Waals surface area contributed by atoms with E-state index < -0.39 is 11.7 Å². The molecule has 0 unspecified atom stereocenters. The zero-order chi connectivity index (χ0) is 14.0. The molecule has 0 atom stereocenters. The first kappa shape index (κ1) is 13.4. The molecule has 2 rings (SSSR count). The Bertz CT molecular complexity index is 643. The fourth-order valence-corrected chi connectivity index (χ4v) is 1.81. The van der Waals surface area contributed by atoms with E-state index in [0.29, 0.717) is 11.3 Å². The lowest BCUT2D eigenvalue weighted by Gasteiger charge is -2.09. The van der Waals surface area contributed by atoms with Crippen molar-refractivity contribution < 1.29 is 14.3 Å². The summed E-state index contributed by atoms with van der Waals surface area (Å²) >= 11 is 5.62. The molecule has 0 heterocycles. The highest BCUT2D eigenvalue weighted by molar-refractivity contribution is 6.30. The van der Waals surface area contributed by atoms with Gasteiger partial charge in [-0.3, -0.25) is 4.79 Å². The van der Waals surface area contributed by atoms with Gasteiger partial charge in [0.15, 0.2) is 0 Å². The van der Waals surface area contributed by atoms with Crippen LogP contribution in [0.15, 0.2) is 36.4 Å². The number of anilines is 1. The van der Waals surface area contributed by atoms with E-state index in [1.807, 2.05) is 0 Å². The number of hydrogen-bond donors (Lipinski definition) is 2.